The maximum atomic E-state index is 6.04. The minimum Gasteiger partial charge on any atom is -0.492 e. The van der Waals surface area contributed by atoms with Gasteiger partial charge in [0.15, 0.2) is 5.11 Å². The van der Waals surface area contributed by atoms with Crippen LogP contribution in [0.2, 0.25) is 0 Å². The Balaban J connectivity index is 1.31. The van der Waals surface area contributed by atoms with Crippen LogP contribution in [0.4, 0.5) is 5.69 Å². The predicted molar refractivity (Wildman–Crippen MR) is 155 cm³/mol. The predicted octanol–water partition coefficient (Wildman–Crippen LogP) is 7.16. The van der Waals surface area contributed by atoms with Crippen LogP contribution in [-0.4, -0.2) is 22.5 Å². The molecule has 4 rings (SSSR count). The van der Waals surface area contributed by atoms with E-state index in [0.29, 0.717) is 11.7 Å². The molecular formula is C30H34N4OS. The maximum absolute atomic E-state index is 6.04. The van der Waals surface area contributed by atoms with Gasteiger partial charge in [-0.2, -0.15) is 5.10 Å². The van der Waals surface area contributed by atoms with Crippen molar-refractivity contribution in [1.82, 2.24) is 9.99 Å². The van der Waals surface area contributed by atoms with E-state index in [-0.39, 0.29) is 0 Å². The van der Waals surface area contributed by atoms with Gasteiger partial charge in [-0.25, -0.2) is 0 Å². The fraction of sp³-hybridized carbons (Fsp3) is 0.267. The van der Waals surface area contributed by atoms with Gasteiger partial charge in [-0.05, 0) is 61.0 Å². The number of ether oxygens (including phenoxy) is 1. The molecule has 2 N–H and O–H groups in total. The average Bonchev–Trinajstić information content (AvgIpc) is 3.25. The summed E-state index contributed by atoms with van der Waals surface area (Å²) in [4.78, 5) is 0. The number of hydrogen-bond donors (Lipinski definition) is 2. The minimum absolute atomic E-state index is 0.446. The molecule has 0 radical (unpaired) electrons. The molecule has 0 saturated heterocycles. The van der Waals surface area contributed by atoms with Gasteiger partial charge in [0.2, 0.25) is 0 Å². The van der Waals surface area contributed by atoms with E-state index in [1.165, 1.54) is 31.2 Å². The summed E-state index contributed by atoms with van der Waals surface area (Å²) in [7, 11) is 0. The molecule has 0 saturated carbocycles. The molecule has 0 fully saturated rings. The van der Waals surface area contributed by atoms with E-state index in [1.807, 2.05) is 36.4 Å². The average molecular weight is 499 g/mol. The number of anilines is 1. The van der Waals surface area contributed by atoms with Crippen LogP contribution in [-0.2, 0) is 13.0 Å². The first-order valence-corrected chi connectivity index (χ1v) is 13.1. The highest BCUT2D eigenvalue weighted by Gasteiger charge is 2.07. The molecule has 6 heteroatoms. The molecule has 0 spiro atoms. The van der Waals surface area contributed by atoms with E-state index in [0.717, 1.165) is 40.9 Å². The summed E-state index contributed by atoms with van der Waals surface area (Å²) in [6.07, 6.45) is 10.2. The van der Waals surface area contributed by atoms with E-state index in [9.17, 15) is 0 Å². The van der Waals surface area contributed by atoms with E-state index in [1.54, 1.807) is 6.21 Å². The summed E-state index contributed by atoms with van der Waals surface area (Å²) in [6.45, 7) is 3.58. The van der Waals surface area contributed by atoms with Gasteiger partial charge < -0.3 is 14.6 Å². The Labute approximate surface area is 219 Å². The molecule has 5 nitrogen and oxygen atoms in total. The van der Waals surface area contributed by atoms with Crippen molar-refractivity contribution < 1.29 is 4.74 Å². The van der Waals surface area contributed by atoms with Crippen LogP contribution in [0, 0.1) is 0 Å². The number of hydrogen-bond acceptors (Lipinski definition) is 3. The van der Waals surface area contributed by atoms with Crippen molar-refractivity contribution in [2.45, 2.75) is 45.6 Å². The van der Waals surface area contributed by atoms with Crippen molar-refractivity contribution in [2.75, 3.05) is 11.9 Å². The number of nitrogens with one attached hydrogen (secondary N) is 2. The molecule has 186 valence electrons. The summed E-state index contributed by atoms with van der Waals surface area (Å²) in [5.74, 6) is 0.911. The van der Waals surface area contributed by atoms with E-state index in [2.05, 4.69) is 76.0 Å². The van der Waals surface area contributed by atoms with Gasteiger partial charge >= 0.3 is 0 Å². The molecule has 0 atom stereocenters. The van der Waals surface area contributed by atoms with Crippen LogP contribution >= 0.6 is 12.2 Å². The molecule has 4 aromatic rings. The zero-order valence-corrected chi connectivity index (χ0v) is 21.6. The van der Waals surface area contributed by atoms with E-state index >= 15 is 0 Å². The van der Waals surface area contributed by atoms with Crippen LogP contribution in [0.5, 0.6) is 5.75 Å². The Bertz CT molecular complexity index is 1270. The summed E-state index contributed by atoms with van der Waals surface area (Å²) in [5, 5.41) is 9.04. The zero-order valence-electron chi connectivity index (χ0n) is 20.8. The van der Waals surface area contributed by atoms with Gasteiger partial charge in [0.1, 0.15) is 12.4 Å². The van der Waals surface area contributed by atoms with Crippen LogP contribution < -0.4 is 15.5 Å². The lowest BCUT2D eigenvalue weighted by Gasteiger charge is -2.09. The van der Waals surface area contributed by atoms with Crippen LogP contribution in [0.15, 0.2) is 90.2 Å². The molecule has 3 aromatic carbocycles. The van der Waals surface area contributed by atoms with E-state index in [4.69, 9.17) is 17.0 Å². The van der Waals surface area contributed by atoms with E-state index < -0.39 is 0 Å². The Morgan fingerprint density at radius 1 is 0.944 bits per heavy atom. The first-order chi connectivity index (χ1) is 17.7. The van der Waals surface area contributed by atoms with Crippen molar-refractivity contribution in [2.24, 2.45) is 5.10 Å². The van der Waals surface area contributed by atoms with Gasteiger partial charge in [-0.1, -0.05) is 74.7 Å². The second kappa shape index (κ2) is 13.4. The number of aryl methyl sites for hydroxylation is 1. The summed E-state index contributed by atoms with van der Waals surface area (Å²) < 4.78 is 8.25. The molecule has 0 unspecified atom stereocenters. The number of aromatic nitrogens is 1. The molecular weight excluding hydrogens is 464 g/mol. The largest absolute Gasteiger partial charge is 0.492 e. The van der Waals surface area contributed by atoms with Crippen LogP contribution in [0.25, 0.3) is 10.9 Å². The van der Waals surface area contributed by atoms with Crippen molar-refractivity contribution in [3.63, 3.8) is 0 Å². The maximum Gasteiger partial charge on any atom is 0.191 e. The third-order valence-electron chi connectivity index (χ3n) is 6.06. The molecule has 0 aliphatic heterocycles. The number of hydrazone groups is 1. The molecule has 0 bridgehead atoms. The SMILES string of the molecule is CCCCCCc1ccc(OCCn2cc(/C=N/NC(=S)Nc3ccccc3)c3ccccc32)cc1. The van der Waals surface area contributed by atoms with Crippen LogP contribution in [0.1, 0.15) is 43.7 Å². The normalized spacial score (nSPS) is 11.1. The molecule has 1 heterocycles. The second-order valence-corrected chi connectivity index (χ2v) is 9.20. The summed E-state index contributed by atoms with van der Waals surface area (Å²) in [5.41, 5.74) is 7.37. The van der Waals surface area contributed by atoms with Crippen molar-refractivity contribution in [3.05, 3.63) is 96.2 Å². The highest BCUT2D eigenvalue weighted by molar-refractivity contribution is 7.80. The fourth-order valence-electron chi connectivity index (χ4n) is 4.17. The number of thiocarbonyl (C=S) groups is 1. The molecule has 0 amide bonds. The Morgan fingerprint density at radius 3 is 2.53 bits per heavy atom. The van der Waals surface area contributed by atoms with Crippen LogP contribution in [0.3, 0.4) is 0 Å². The lowest BCUT2D eigenvalue weighted by Crippen LogP contribution is -2.23. The molecule has 0 aliphatic rings. The summed E-state index contributed by atoms with van der Waals surface area (Å²) >= 11 is 5.34. The van der Waals surface area contributed by atoms with Gasteiger partial charge in [-0.15, -0.1) is 0 Å². The standard InChI is InChI=1S/C30H34N4OS/c1-2-3-4-6-11-24-16-18-27(19-17-24)35-21-20-34-23-25(28-14-9-10-15-29(28)34)22-31-33-30(36)32-26-12-7-5-8-13-26/h5,7-10,12-19,22-23H,2-4,6,11,20-21H2,1H3,(H2,32,33,36)/b31-22+. The highest BCUT2D eigenvalue weighted by Crippen LogP contribution is 2.20. The van der Waals surface area contributed by atoms with Crippen molar-refractivity contribution in [3.8, 4) is 5.75 Å². The van der Waals surface area contributed by atoms with Gasteiger partial charge in [-0.3, -0.25) is 5.43 Å². The fourth-order valence-corrected chi connectivity index (χ4v) is 4.34. The topological polar surface area (TPSA) is 50.6 Å². The smallest absolute Gasteiger partial charge is 0.191 e. The minimum atomic E-state index is 0.446. The lowest BCUT2D eigenvalue weighted by atomic mass is 10.1. The number of para-hydroxylation sites is 2. The molecule has 1 aromatic heterocycles. The number of nitrogens with zero attached hydrogens (tertiary/aromatic N) is 2. The quantitative estimate of drug-likeness (QED) is 0.0941. The number of rotatable bonds is 12. The Kier molecular flexibility index (Phi) is 9.51. The zero-order chi connectivity index (χ0) is 25.0. The van der Waals surface area contributed by atoms with Crippen molar-refractivity contribution >= 4 is 40.1 Å². The monoisotopic (exact) mass is 498 g/mol. The van der Waals surface area contributed by atoms with Gasteiger partial charge in [0.25, 0.3) is 0 Å². The first kappa shape index (κ1) is 25.5. The molecule has 36 heavy (non-hydrogen) atoms. The number of unbranched alkanes of at least 4 members (excludes halogenated alkanes) is 3. The first-order valence-electron chi connectivity index (χ1n) is 12.7. The Hall–Kier alpha value is -3.64. The van der Waals surface area contributed by atoms with Crippen molar-refractivity contribution in [1.29, 1.82) is 0 Å². The Morgan fingerprint density at radius 2 is 1.72 bits per heavy atom. The molecule has 0 aliphatic carbocycles. The number of benzene rings is 3. The van der Waals surface area contributed by atoms with Gasteiger partial charge in [0.05, 0.1) is 12.8 Å². The van der Waals surface area contributed by atoms with Gasteiger partial charge in [0, 0.05) is 28.4 Å². The second-order valence-electron chi connectivity index (χ2n) is 8.79. The number of fused-ring (bicyclic) bond motifs is 1. The third-order valence-corrected chi connectivity index (χ3v) is 6.26. The highest BCUT2D eigenvalue weighted by atomic mass is 32.1. The third kappa shape index (κ3) is 7.43. The lowest BCUT2D eigenvalue weighted by molar-refractivity contribution is 0.300. The summed E-state index contributed by atoms with van der Waals surface area (Å²) in [6, 6.07) is 26.6.